The zero-order valence-corrected chi connectivity index (χ0v) is 17.2. The molecule has 0 saturated carbocycles. The maximum absolute atomic E-state index is 12.4. The summed E-state index contributed by atoms with van der Waals surface area (Å²) in [6.07, 6.45) is 4.42. The van der Waals surface area contributed by atoms with Crippen molar-refractivity contribution in [3.05, 3.63) is 47.7 Å². The van der Waals surface area contributed by atoms with Gasteiger partial charge in [0.15, 0.2) is 0 Å². The number of nitrogens with zero attached hydrogens (tertiary/aromatic N) is 5. The van der Waals surface area contributed by atoms with Crippen molar-refractivity contribution >= 4 is 21.6 Å². The first-order chi connectivity index (χ1) is 13.1. The van der Waals surface area contributed by atoms with Gasteiger partial charge in [0.2, 0.25) is 10.0 Å². The topological polar surface area (TPSA) is 132 Å². The summed E-state index contributed by atoms with van der Waals surface area (Å²) in [5.41, 5.74) is 8.79. The molecule has 0 aliphatic carbocycles. The minimum Gasteiger partial charge on any atom is -0.386 e. The van der Waals surface area contributed by atoms with E-state index in [1.165, 1.54) is 23.6 Å². The zero-order valence-electron chi connectivity index (χ0n) is 16.4. The Bertz CT molecular complexity index is 1040. The van der Waals surface area contributed by atoms with Crippen molar-refractivity contribution in [1.29, 1.82) is 0 Å². The molecular weight excluding hydrogens is 378 g/mol. The van der Waals surface area contributed by atoms with E-state index in [2.05, 4.69) is 35.8 Å². The quantitative estimate of drug-likeness (QED) is 0.773. The molecule has 28 heavy (non-hydrogen) atoms. The van der Waals surface area contributed by atoms with Crippen molar-refractivity contribution in [2.24, 2.45) is 21.8 Å². The van der Waals surface area contributed by atoms with Crippen LogP contribution in [0.3, 0.4) is 0 Å². The number of sulfonamides is 1. The van der Waals surface area contributed by atoms with Crippen LogP contribution in [0.5, 0.6) is 0 Å². The van der Waals surface area contributed by atoms with Crippen molar-refractivity contribution in [3.63, 3.8) is 0 Å². The normalized spacial score (nSPS) is 16.1. The number of amidine groups is 1. The number of nitrogens with two attached hydrogens (primary N) is 2. The molecule has 0 radical (unpaired) electrons. The summed E-state index contributed by atoms with van der Waals surface area (Å²) in [5, 5.41) is 11.4. The van der Waals surface area contributed by atoms with Crippen LogP contribution in [0.4, 0.5) is 0 Å². The third-order valence-corrected chi connectivity index (χ3v) is 5.99. The van der Waals surface area contributed by atoms with Gasteiger partial charge < -0.3 is 5.73 Å². The van der Waals surface area contributed by atoms with Gasteiger partial charge in [-0.15, -0.1) is 5.10 Å². The van der Waals surface area contributed by atoms with Crippen molar-refractivity contribution < 1.29 is 8.42 Å². The smallest absolute Gasteiger partial charge is 0.238 e. The van der Waals surface area contributed by atoms with Gasteiger partial charge in [-0.1, -0.05) is 20.8 Å². The van der Waals surface area contributed by atoms with Gasteiger partial charge in [0, 0.05) is 5.56 Å². The van der Waals surface area contributed by atoms with Crippen LogP contribution in [0.15, 0.2) is 40.9 Å². The summed E-state index contributed by atoms with van der Waals surface area (Å²) in [4.78, 5) is 9.67. The Labute approximate surface area is 164 Å². The molecule has 0 spiro atoms. The van der Waals surface area contributed by atoms with Gasteiger partial charge in [0.25, 0.3) is 0 Å². The highest BCUT2D eigenvalue weighted by atomic mass is 32.2. The fourth-order valence-corrected chi connectivity index (χ4v) is 3.96. The van der Waals surface area contributed by atoms with Gasteiger partial charge in [0.1, 0.15) is 18.5 Å². The lowest BCUT2D eigenvalue weighted by molar-refractivity contribution is 0.531. The van der Waals surface area contributed by atoms with Crippen molar-refractivity contribution in [3.8, 4) is 0 Å². The average molecular weight is 404 g/mol. The maximum atomic E-state index is 12.4. The highest BCUT2D eigenvalue weighted by Crippen LogP contribution is 2.34. The predicted octanol–water partition coefficient (Wildman–Crippen LogP) is 1.30. The van der Waals surface area contributed by atoms with E-state index < -0.39 is 10.0 Å². The molecule has 1 aliphatic heterocycles. The maximum Gasteiger partial charge on any atom is 0.238 e. The molecular formula is C18H25N7O2S. The van der Waals surface area contributed by atoms with Crippen LogP contribution in [0, 0.1) is 12.8 Å². The summed E-state index contributed by atoms with van der Waals surface area (Å²) < 4.78 is 24.9. The highest BCUT2D eigenvalue weighted by Gasteiger charge is 2.27. The first-order valence-corrected chi connectivity index (χ1v) is 10.5. The van der Waals surface area contributed by atoms with Crippen LogP contribution in [0.25, 0.3) is 5.70 Å². The van der Waals surface area contributed by atoms with Gasteiger partial charge in [-0.05, 0) is 42.0 Å². The molecule has 2 heterocycles. The van der Waals surface area contributed by atoms with E-state index >= 15 is 0 Å². The van der Waals surface area contributed by atoms with E-state index in [0.717, 1.165) is 11.1 Å². The molecule has 1 aliphatic rings. The van der Waals surface area contributed by atoms with Crippen LogP contribution in [0.1, 0.15) is 43.4 Å². The molecule has 1 atom stereocenters. The van der Waals surface area contributed by atoms with E-state index in [9.17, 15) is 8.42 Å². The summed E-state index contributed by atoms with van der Waals surface area (Å²) in [5.74, 6) is 0.899. The number of hydrogen-bond acceptors (Lipinski definition) is 7. The molecule has 4 N–H and O–H groups in total. The van der Waals surface area contributed by atoms with E-state index in [4.69, 9.17) is 10.9 Å². The molecule has 0 bridgehead atoms. The van der Waals surface area contributed by atoms with Crippen molar-refractivity contribution in [1.82, 2.24) is 14.9 Å². The molecule has 150 valence electrons. The lowest BCUT2D eigenvalue weighted by Gasteiger charge is -2.30. The SMILES string of the molecule is Cc1cc(C2=CN=C(N)CN2n2cncn2)c(S(N)(=O)=O)cc1C(C)C(C)C. The molecule has 0 amide bonds. The second kappa shape index (κ2) is 7.36. The second-order valence-corrected chi connectivity index (χ2v) is 8.82. The lowest BCUT2D eigenvalue weighted by atomic mass is 9.86. The Morgan fingerprint density at radius 1 is 1.21 bits per heavy atom. The molecule has 9 nitrogen and oxygen atoms in total. The molecule has 1 aromatic carbocycles. The van der Waals surface area contributed by atoms with Gasteiger partial charge in [-0.25, -0.2) is 23.5 Å². The second-order valence-electron chi connectivity index (χ2n) is 7.29. The molecule has 10 heteroatoms. The fourth-order valence-electron chi connectivity index (χ4n) is 3.20. The monoisotopic (exact) mass is 403 g/mol. The van der Waals surface area contributed by atoms with Crippen LogP contribution >= 0.6 is 0 Å². The zero-order chi connectivity index (χ0) is 20.6. The third kappa shape index (κ3) is 3.78. The average Bonchev–Trinajstić information content (AvgIpc) is 3.14. The molecule has 1 aromatic heterocycles. The molecule has 3 rings (SSSR count). The molecule has 0 saturated heterocycles. The van der Waals surface area contributed by atoms with Crippen LogP contribution < -0.4 is 15.9 Å². The first kappa shape index (κ1) is 20.0. The Morgan fingerprint density at radius 3 is 2.50 bits per heavy atom. The van der Waals surface area contributed by atoms with Crippen molar-refractivity contribution in [2.45, 2.75) is 38.5 Å². The summed E-state index contributed by atoms with van der Waals surface area (Å²) >= 11 is 0. The van der Waals surface area contributed by atoms with E-state index in [0.29, 0.717) is 23.0 Å². The fraction of sp³-hybridized carbons (Fsp3) is 0.389. The summed E-state index contributed by atoms with van der Waals surface area (Å²) in [6.45, 7) is 8.48. The van der Waals surface area contributed by atoms with Gasteiger partial charge in [0.05, 0.1) is 23.3 Å². The van der Waals surface area contributed by atoms with Gasteiger partial charge in [-0.2, -0.15) is 4.79 Å². The number of rotatable bonds is 5. The van der Waals surface area contributed by atoms with Gasteiger partial charge >= 0.3 is 0 Å². The standard InChI is InChI=1S/C18H25N7O2S/c1-11(2)13(4)14-6-17(28(20,26)27)15(5-12(14)3)16-7-22-18(19)8-24(16)25-10-21-9-23-25/h5-7,9-11,13H,8H2,1-4H3,(H2,19,22)(H2,20,26,27). The third-order valence-electron chi connectivity index (χ3n) is 5.04. The van der Waals surface area contributed by atoms with E-state index in [1.54, 1.807) is 11.1 Å². The number of benzene rings is 1. The largest absolute Gasteiger partial charge is 0.386 e. The number of hydrogen-bond donors (Lipinski definition) is 2. The predicted molar refractivity (Wildman–Crippen MR) is 109 cm³/mol. The van der Waals surface area contributed by atoms with Crippen LogP contribution in [-0.2, 0) is 10.0 Å². The summed E-state index contributed by atoms with van der Waals surface area (Å²) in [6, 6.07) is 3.51. The molecule has 1 unspecified atom stereocenters. The van der Waals surface area contributed by atoms with Crippen molar-refractivity contribution in [2.75, 3.05) is 11.6 Å². The lowest BCUT2D eigenvalue weighted by Crippen LogP contribution is -2.42. The molecule has 0 fully saturated rings. The summed E-state index contributed by atoms with van der Waals surface area (Å²) in [7, 11) is -3.98. The number of primary sulfonamides is 1. The number of aromatic nitrogens is 3. The minimum absolute atomic E-state index is 0.0487. The Hall–Kier alpha value is -2.72. The Morgan fingerprint density at radius 2 is 1.93 bits per heavy atom. The van der Waals surface area contributed by atoms with Crippen LogP contribution in [-0.4, -0.2) is 35.7 Å². The number of aliphatic imine (C=N–C) groups is 1. The molecule has 2 aromatic rings. The highest BCUT2D eigenvalue weighted by molar-refractivity contribution is 7.89. The van der Waals surface area contributed by atoms with E-state index in [-0.39, 0.29) is 17.4 Å². The number of aryl methyl sites for hydroxylation is 1. The van der Waals surface area contributed by atoms with Gasteiger partial charge in [-0.3, -0.25) is 5.01 Å². The Kier molecular flexibility index (Phi) is 5.26. The first-order valence-electron chi connectivity index (χ1n) is 8.92. The minimum atomic E-state index is -3.98. The van der Waals surface area contributed by atoms with E-state index in [1.807, 2.05) is 13.0 Å². The van der Waals surface area contributed by atoms with Crippen LogP contribution in [0.2, 0.25) is 0 Å². The Balaban J connectivity index is 2.24.